The summed E-state index contributed by atoms with van der Waals surface area (Å²) in [6, 6.07) is 19.6. The number of aromatic nitrogens is 9. The maximum Gasteiger partial charge on any atom is 0.354 e. The summed E-state index contributed by atoms with van der Waals surface area (Å²) >= 11 is 1.23. The standard InChI is InChI=1S/C34H36F2N6O3.C33H34F2N6O3.C32H31F2N5O3S/c1-7-26(44)40-17-21-12-14-39(6)32-28-24(15-22(29(32)36)27-23(35)9-8-10-25(27)43)42(31-19(4)11-13-37-30(31)18(2)3)34(45)38-33(28)41(21)16-20(40)5;1-6-25(43)39-16-20-11-13-37-30-27-23(14-21(28(30)35)26-22(34)8-7-9-24(26)42)41(31-18(4)10-12-36-29(31)17(2)3)33(44)38-32(27)40(20)15-19(39)5;1-6-24(41)37-14-19-15-43-30-26-22(12-20(27(30)34)25-21(33)8-7-9-23(25)40)39(29-17(4)10-11-35-28(29)16(2)3)32(42)36-31(26)38(19)13-18(37)5/h7-11,13,15,18,20-21,43H,1,12,14,16-17H2,2-6H3;6-10,12,14,17,19-20,37,42H,1,11,13,15-16H2,2-5H3;6-12,16,18-19,40H,1,13-15H2,2-5H3. The number of carbonyl (C=O) groups is 3. The van der Waals surface area contributed by atoms with Crippen LogP contribution in [-0.2, 0) is 14.4 Å². The number of pyridine rings is 3. The molecule has 33 heteroatoms. The first-order valence-corrected chi connectivity index (χ1v) is 44.8. The molecule has 6 atom stereocenters. The first kappa shape index (κ1) is 91.5. The normalized spacial score (nSPS) is 18.1. The van der Waals surface area contributed by atoms with Gasteiger partial charge in [-0.05, 0) is 180 Å². The molecule has 18 rings (SSSR count). The smallest absolute Gasteiger partial charge is 0.354 e. The van der Waals surface area contributed by atoms with Crippen molar-refractivity contribution in [2.75, 3.05) is 90.1 Å². The molecular weight excluding hydrogens is 1720 g/mol. The molecule has 3 amide bonds. The van der Waals surface area contributed by atoms with Crippen molar-refractivity contribution >= 4 is 91.0 Å². The molecule has 6 aliphatic rings. The number of amides is 3. The zero-order valence-electron chi connectivity index (χ0n) is 75.3. The Morgan fingerprint density at radius 2 is 0.811 bits per heavy atom. The van der Waals surface area contributed by atoms with E-state index in [4.69, 9.17) is 0 Å². The number of phenolic OH excluding ortho intramolecular Hbond substituents is 3. The van der Waals surface area contributed by atoms with Gasteiger partial charge in [-0.25, -0.2) is 40.7 Å². The number of hydrogen-bond donors (Lipinski definition) is 4. The summed E-state index contributed by atoms with van der Waals surface area (Å²) in [5.74, 6) is -5.40. The highest BCUT2D eigenvalue weighted by atomic mass is 32.2. The van der Waals surface area contributed by atoms with Crippen molar-refractivity contribution < 1.29 is 56.0 Å². The summed E-state index contributed by atoms with van der Waals surface area (Å²) in [7, 11) is 1.74. The minimum Gasteiger partial charge on any atom is -0.507 e. The van der Waals surface area contributed by atoms with Crippen LogP contribution < -0.4 is 42.0 Å². The summed E-state index contributed by atoms with van der Waals surface area (Å²) < 4.78 is 100. The topological polar surface area (TPSA) is 290 Å². The number of nitrogens with zero attached hydrogens (tertiary/aromatic N) is 16. The fourth-order valence-corrected chi connectivity index (χ4v) is 20.7. The van der Waals surface area contributed by atoms with Crippen molar-refractivity contribution in [2.24, 2.45) is 0 Å². The fraction of sp³-hybridized carbons (Fsp3) is 0.333. The number of anilines is 5. The molecule has 12 heterocycles. The minimum atomic E-state index is -0.804. The first-order chi connectivity index (χ1) is 63.0. The number of rotatable bonds is 12. The Morgan fingerprint density at radius 1 is 0.462 bits per heavy atom. The number of aromatic hydroxyl groups is 3. The third-order valence-corrected chi connectivity index (χ3v) is 27.1. The summed E-state index contributed by atoms with van der Waals surface area (Å²) in [6.07, 6.45) is 9.93. The molecular formula is C99H101F6N17O9S. The molecule has 6 unspecified atom stereocenters. The van der Waals surface area contributed by atoms with E-state index in [9.17, 15) is 44.1 Å². The van der Waals surface area contributed by atoms with Crippen LogP contribution in [0, 0.1) is 55.7 Å². The maximum absolute atomic E-state index is 16.9. The highest BCUT2D eigenvalue weighted by Gasteiger charge is 2.44. The largest absolute Gasteiger partial charge is 0.507 e. The van der Waals surface area contributed by atoms with Crippen molar-refractivity contribution in [1.29, 1.82) is 0 Å². The van der Waals surface area contributed by atoms with Crippen LogP contribution in [0.25, 0.3) is 83.2 Å². The lowest BCUT2D eigenvalue weighted by molar-refractivity contribution is -0.129. The van der Waals surface area contributed by atoms with Crippen LogP contribution in [0.2, 0.25) is 0 Å². The zero-order chi connectivity index (χ0) is 94.5. The van der Waals surface area contributed by atoms with E-state index in [-0.39, 0.29) is 133 Å². The number of carbonyl (C=O) groups excluding carboxylic acids is 3. The summed E-state index contributed by atoms with van der Waals surface area (Å²) in [5, 5.41) is 36.5. The molecule has 4 N–H and O–H groups in total. The van der Waals surface area contributed by atoms with Gasteiger partial charge >= 0.3 is 17.1 Å². The van der Waals surface area contributed by atoms with Gasteiger partial charge in [0.1, 0.15) is 58.0 Å². The van der Waals surface area contributed by atoms with Gasteiger partial charge < -0.3 is 54.9 Å². The monoisotopic (exact) mass is 1820 g/mol. The van der Waals surface area contributed by atoms with Crippen LogP contribution in [0.1, 0.15) is 127 Å². The van der Waals surface area contributed by atoms with Crippen LogP contribution in [0.5, 0.6) is 17.2 Å². The number of hydrogen-bond acceptors (Lipinski definition) is 21. The molecule has 0 radical (unpaired) electrons. The quantitative estimate of drug-likeness (QED) is 0.0653. The molecule has 0 aliphatic carbocycles. The van der Waals surface area contributed by atoms with Gasteiger partial charge in [0.15, 0.2) is 11.6 Å². The van der Waals surface area contributed by atoms with Gasteiger partial charge in [-0.15, -0.1) is 11.8 Å². The lowest BCUT2D eigenvalue weighted by Crippen LogP contribution is -2.60. The van der Waals surface area contributed by atoms with Gasteiger partial charge in [0, 0.05) is 131 Å². The molecule has 3 saturated heterocycles. The van der Waals surface area contributed by atoms with Crippen molar-refractivity contribution in [2.45, 2.75) is 155 Å². The summed E-state index contributed by atoms with van der Waals surface area (Å²) in [5.41, 5.74) is 3.70. The number of phenols is 3. The number of halogens is 6. The van der Waals surface area contributed by atoms with Gasteiger partial charge in [-0.3, -0.25) is 43.0 Å². The van der Waals surface area contributed by atoms with E-state index in [1.165, 1.54) is 98.3 Å². The predicted octanol–water partition coefficient (Wildman–Crippen LogP) is 16.1. The third kappa shape index (κ3) is 15.8. The lowest BCUT2D eigenvalue weighted by atomic mass is 9.96. The molecule has 0 saturated carbocycles. The van der Waals surface area contributed by atoms with Gasteiger partial charge in [-0.2, -0.15) is 15.0 Å². The Balaban J connectivity index is 0.000000144. The average Bonchev–Trinajstić information content (AvgIpc) is 0.929. The fourth-order valence-electron chi connectivity index (χ4n) is 19.5. The number of nitrogens with one attached hydrogen (secondary N) is 1. The number of piperazine rings is 3. The molecule has 6 aromatic heterocycles. The van der Waals surface area contributed by atoms with Crippen molar-refractivity contribution in [1.82, 2.24) is 58.3 Å². The van der Waals surface area contributed by atoms with Crippen molar-refractivity contribution in [3.05, 3.63) is 248 Å². The number of thioether (sulfide) groups is 1. The molecule has 0 spiro atoms. The Labute approximate surface area is 761 Å². The molecule has 0 bridgehead atoms. The van der Waals surface area contributed by atoms with Crippen LogP contribution in [-0.4, -0.2) is 193 Å². The van der Waals surface area contributed by atoms with E-state index in [2.05, 4.69) is 55.0 Å². The van der Waals surface area contributed by atoms with Gasteiger partial charge in [0.25, 0.3) is 0 Å². The van der Waals surface area contributed by atoms with E-state index in [0.717, 1.165) is 34.9 Å². The van der Waals surface area contributed by atoms with Crippen LogP contribution in [0.4, 0.5) is 55.2 Å². The first-order valence-electron chi connectivity index (χ1n) is 43.9. The van der Waals surface area contributed by atoms with Gasteiger partial charge in [0.2, 0.25) is 17.7 Å². The maximum atomic E-state index is 16.9. The molecule has 6 aromatic carbocycles. The van der Waals surface area contributed by atoms with E-state index < -0.39 is 69.2 Å². The summed E-state index contributed by atoms with van der Waals surface area (Å²) in [4.78, 5) is 121. The Hall–Kier alpha value is -13.9. The second-order valence-electron chi connectivity index (χ2n) is 35.3. The average molecular weight is 1820 g/mol. The highest BCUT2D eigenvalue weighted by Crippen LogP contribution is 2.51. The second-order valence-corrected chi connectivity index (χ2v) is 36.4. The second kappa shape index (κ2) is 36.1. The predicted molar refractivity (Wildman–Crippen MR) is 502 cm³/mol. The van der Waals surface area contributed by atoms with Crippen molar-refractivity contribution in [3.63, 3.8) is 0 Å². The lowest BCUT2D eigenvalue weighted by Gasteiger charge is -2.47. The van der Waals surface area contributed by atoms with Crippen LogP contribution in [0.3, 0.4) is 0 Å². The number of aryl methyl sites for hydroxylation is 3. The van der Waals surface area contributed by atoms with Gasteiger partial charge in [0.05, 0.1) is 106 Å². The van der Waals surface area contributed by atoms with E-state index in [1.807, 2.05) is 97.8 Å². The number of benzene rings is 6. The van der Waals surface area contributed by atoms with Crippen LogP contribution >= 0.6 is 11.8 Å². The Bertz CT molecular complexity index is 6920. The Kier molecular flexibility index (Phi) is 25.0. The van der Waals surface area contributed by atoms with E-state index >= 15 is 26.3 Å². The van der Waals surface area contributed by atoms with Crippen LogP contribution in [0.15, 0.2) is 167 Å². The van der Waals surface area contributed by atoms with Crippen molar-refractivity contribution in [3.8, 4) is 67.7 Å². The molecule has 26 nitrogen and oxygen atoms in total. The van der Waals surface area contributed by atoms with Gasteiger partial charge in [-0.1, -0.05) is 79.5 Å². The van der Waals surface area contributed by atoms with E-state index in [1.54, 1.807) is 63.4 Å². The highest BCUT2D eigenvalue weighted by molar-refractivity contribution is 7.99. The SMILES string of the molecule is C=CC(=O)N1CC2CCN(C)c3c(F)c(-c4c(O)cccc4F)cc4c3c(nc(=O)n4-c3c(C)ccnc3C(C)C)N2CC1C.C=CC(=O)N1CC2CCNc3c(F)c(-c4c(O)cccc4F)cc4c3c(nc(=O)n4-c3c(C)ccnc3C(C)C)N2CC1C.C=CC(=O)N1CC2CSc3c(F)c(-c4c(O)cccc4F)cc4c3c(nc(=O)n4-c3c(C)ccnc3C(C)C)N2CC1C. The van der Waals surface area contributed by atoms with E-state index in [0.29, 0.717) is 144 Å². The zero-order valence-corrected chi connectivity index (χ0v) is 76.2. The Morgan fingerprint density at radius 3 is 1.20 bits per heavy atom. The molecule has 12 aromatic rings. The summed E-state index contributed by atoms with van der Waals surface area (Å²) in [6.45, 7) is 36.9. The molecule has 6 aliphatic heterocycles. The number of fused-ring (bicyclic) bond motifs is 6. The third-order valence-electron chi connectivity index (χ3n) is 25.9. The molecule has 132 heavy (non-hydrogen) atoms. The molecule has 684 valence electrons. The minimum absolute atomic E-state index is 0.0553. The molecule has 3 fully saturated rings.